The molecule has 5 nitrogen and oxygen atoms in total. The van der Waals surface area contributed by atoms with Gasteiger partial charge in [-0.25, -0.2) is 0 Å². The Balaban J connectivity index is 1.49. The molecular weight excluding hydrogens is 376 g/mol. The summed E-state index contributed by atoms with van der Waals surface area (Å²) < 4.78 is 11.6. The molecular formula is C25H28N2O3. The Morgan fingerprint density at radius 3 is 2.37 bits per heavy atom. The molecule has 1 unspecified atom stereocenters. The molecule has 0 bridgehead atoms. The van der Waals surface area contributed by atoms with E-state index in [-0.39, 0.29) is 18.6 Å². The van der Waals surface area contributed by atoms with Crippen LogP contribution in [0.25, 0.3) is 0 Å². The van der Waals surface area contributed by atoms with Gasteiger partial charge in [-0.15, -0.1) is 0 Å². The second kappa shape index (κ2) is 10.9. The molecule has 0 saturated heterocycles. The first-order chi connectivity index (χ1) is 14.6. The normalized spacial score (nSPS) is 11.4. The van der Waals surface area contributed by atoms with Crippen LogP contribution >= 0.6 is 0 Å². The first-order valence-corrected chi connectivity index (χ1v) is 10.2. The first kappa shape index (κ1) is 21.2. The molecule has 0 aliphatic rings. The van der Waals surface area contributed by atoms with Gasteiger partial charge >= 0.3 is 0 Å². The molecule has 0 aliphatic heterocycles. The van der Waals surface area contributed by atoms with Crippen LogP contribution in [0.1, 0.15) is 25.8 Å². The number of benzene rings is 3. The van der Waals surface area contributed by atoms with Gasteiger partial charge in [-0.05, 0) is 43.2 Å². The van der Waals surface area contributed by atoms with Crippen LogP contribution in [0.3, 0.4) is 0 Å². The fourth-order valence-corrected chi connectivity index (χ4v) is 2.79. The lowest BCUT2D eigenvalue weighted by Gasteiger charge is -2.14. The molecule has 1 atom stereocenters. The van der Waals surface area contributed by atoms with E-state index in [1.165, 1.54) is 0 Å². The minimum absolute atomic E-state index is 0.136. The van der Waals surface area contributed by atoms with E-state index >= 15 is 0 Å². The van der Waals surface area contributed by atoms with Crippen molar-refractivity contribution in [2.24, 2.45) is 0 Å². The van der Waals surface area contributed by atoms with E-state index in [1.54, 1.807) is 0 Å². The number of amides is 1. The van der Waals surface area contributed by atoms with E-state index in [4.69, 9.17) is 9.47 Å². The number of anilines is 2. The molecule has 0 saturated carbocycles. The van der Waals surface area contributed by atoms with E-state index in [1.807, 2.05) is 85.8 Å². The van der Waals surface area contributed by atoms with Crippen LogP contribution in [0.15, 0.2) is 78.9 Å². The Bertz CT molecular complexity index is 944. The van der Waals surface area contributed by atoms with Crippen LogP contribution in [0, 0.1) is 0 Å². The fraction of sp³-hybridized carbons (Fsp3) is 0.240. The van der Waals surface area contributed by atoms with E-state index in [0.29, 0.717) is 18.0 Å². The predicted octanol–water partition coefficient (Wildman–Crippen LogP) is 5.49. The molecule has 0 heterocycles. The minimum Gasteiger partial charge on any atom is -0.491 e. The van der Waals surface area contributed by atoms with E-state index in [2.05, 4.69) is 17.6 Å². The lowest BCUT2D eigenvalue weighted by Crippen LogP contribution is -2.21. The van der Waals surface area contributed by atoms with Gasteiger partial charge in [0.25, 0.3) is 0 Å². The number of hydrogen-bond donors (Lipinski definition) is 2. The predicted molar refractivity (Wildman–Crippen MR) is 121 cm³/mol. The number of carbonyl (C=O) groups is 1. The van der Waals surface area contributed by atoms with Crippen molar-refractivity contribution in [1.82, 2.24) is 0 Å². The SMILES string of the molecule is CCC(C)Oc1cccc(NCC(=O)Nc2cccc(OCc3ccccc3)c2)c1. The molecule has 2 N–H and O–H groups in total. The summed E-state index contributed by atoms with van der Waals surface area (Å²) in [4.78, 5) is 12.3. The maximum Gasteiger partial charge on any atom is 0.243 e. The number of ether oxygens (including phenoxy) is 2. The molecule has 30 heavy (non-hydrogen) atoms. The summed E-state index contributed by atoms with van der Waals surface area (Å²) >= 11 is 0. The number of carbonyl (C=O) groups excluding carboxylic acids is 1. The Labute approximate surface area is 178 Å². The maximum atomic E-state index is 12.3. The average molecular weight is 405 g/mol. The summed E-state index contributed by atoms with van der Waals surface area (Å²) in [6.07, 6.45) is 1.09. The highest BCUT2D eigenvalue weighted by molar-refractivity contribution is 5.93. The Morgan fingerprint density at radius 2 is 1.60 bits per heavy atom. The summed E-state index contributed by atoms with van der Waals surface area (Å²) in [5.74, 6) is 1.36. The summed E-state index contributed by atoms with van der Waals surface area (Å²) in [7, 11) is 0. The van der Waals surface area contributed by atoms with E-state index in [9.17, 15) is 4.79 Å². The van der Waals surface area contributed by atoms with Gasteiger partial charge in [0.2, 0.25) is 5.91 Å². The second-order valence-electron chi connectivity index (χ2n) is 7.07. The molecule has 0 spiro atoms. The second-order valence-corrected chi connectivity index (χ2v) is 7.07. The molecule has 3 aromatic carbocycles. The Kier molecular flexibility index (Phi) is 7.72. The average Bonchev–Trinajstić information content (AvgIpc) is 2.77. The van der Waals surface area contributed by atoms with Gasteiger partial charge in [0.05, 0.1) is 12.6 Å². The third-order valence-corrected chi connectivity index (χ3v) is 4.57. The molecule has 1 amide bonds. The van der Waals surface area contributed by atoms with Crippen molar-refractivity contribution in [2.75, 3.05) is 17.2 Å². The molecule has 5 heteroatoms. The smallest absolute Gasteiger partial charge is 0.243 e. The maximum absolute atomic E-state index is 12.3. The van der Waals surface area contributed by atoms with Crippen molar-refractivity contribution in [2.45, 2.75) is 33.0 Å². The molecule has 3 rings (SSSR count). The third-order valence-electron chi connectivity index (χ3n) is 4.57. The molecule has 0 fully saturated rings. The van der Waals surface area contributed by atoms with Gasteiger partial charge in [-0.3, -0.25) is 4.79 Å². The van der Waals surface area contributed by atoms with Crippen molar-refractivity contribution >= 4 is 17.3 Å². The van der Waals surface area contributed by atoms with Gasteiger partial charge in [-0.1, -0.05) is 49.4 Å². The van der Waals surface area contributed by atoms with Crippen LogP contribution in [0.4, 0.5) is 11.4 Å². The summed E-state index contributed by atoms with van der Waals surface area (Å²) in [5.41, 5.74) is 2.63. The third kappa shape index (κ3) is 6.85. The monoisotopic (exact) mass is 404 g/mol. The highest BCUT2D eigenvalue weighted by Gasteiger charge is 2.06. The van der Waals surface area contributed by atoms with Crippen LogP contribution < -0.4 is 20.1 Å². The van der Waals surface area contributed by atoms with Crippen molar-refractivity contribution in [3.63, 3.8) is 0 Å². The molecule has 156 valence electrons. The van der Waals surface area contributed by atoms with Crippen molar-refractivity contribution in [1.29, 1.82) is 0 Å². The zero-order valence-corrected chi connectivity index (χ0v) is 17.4. The molecule has 0 aliphatic carbocycles. The minimum atomic E-state index is -0.136. The highest BCUT2D eigenvalue weighted by Crippen LogP contribution is 2.20. The number of hydrogen-bond acceptors (Lipinski definition) is 4. The first-order valence-electron chi connectivity index (χ1n) is 10.2. The standard InChI is InChI=1S/C25H28N2O3/c1-3-19(2)30-24-14-7-11-21(15-24)26-17-25(28)27-22-12-8-13-23(16-22)29-18-20-9-5-4-6-10-20/h4-16,19,26H,3,17-18H2,1-2H3,(H,27,28). The van der Waals surface area contributed by atoms with Crippen molar-refractivity contribution in [3.8, 4) is 11.5 Å². The lowest BCUT2D eigenvalue weighted by atomic mass is 10.2. The van der Waals surface area contributed by atoms with E-state index in [0.717, 1.165) is 23.4 Å². The zero-order chi connectivity index (χ0) is 21.2. The Hall–Kier alpha value is -3.47. The summed E-state index contributed by atoms with van der Waals surface area (Å²) in [5, 5.41) is 6.03. The quantitative estimate of drug-likeness (QED) is 0.469. The van der Waals surface area contributed by atoms with Crippen LogP contribution in [-0.4, -0.2) is 18.6 Å². The highest BCUT2D eigenvalue weighted by atomic mass is 16.5. The molecule has 3 aromatic rings. The topological polar surface area (TPSA) is 59.6 Å². The van der Waals surface area contributed by atoms with Crippen molar-refractivity contribution < 1.29 is 14.3 Å². The fourth-order valence-electron chi connectivity index (χ4n) is 2.79. The van der Waals surface area contributed by atoms with Gasteiger partial charge in [0.1, 0.15) is 18.1 Å². The van der Waals surface area contributed by atoms with Gasteiger partial charge < -0.3 is 20.1 Å². The summed E-state index contributed by atoms with van der Waals surface area (Å²) in [6, 6.07) is 25.0. The lowest BCUT2D eigenvalue weighted by molar-refractivity contribution is -0.114. The van der Waals surface area contributed by atoms with Crippen LogP contribution in [-0.2, 0) is 11.4 Å². The largest absolute Gasteiger partial charge is 0.491 e. The van der Waals surface area contributed by atoms with Crippen LogP contribution in [0.5, 0.6) is 11.5 Å². The number of rotatable bonds is 10. The number of nitrogens with one attached hydrogen (secondary N) is 2. The Morgan fingerprint density at radius 1 is 0.900 bits per heavy atom. The van der Waals surface area contributed by atoms with Crippen LogP contribution in [0.2, 0.25) is 0 Å². The van der Waals surface area contributed by atoms with Gasteiger partial charge in [0.15, 0.2) is 0 Å². The summed E-state index contributed by atoms with van der Waals surface area (Å²) in [6.45, 7) is 4.75. The van der Waals surface area contributed by atoms with E-state index < -0.39 is 0 Å². The molecule has 0 radical (unpaired) electrons. The zero-order valence-electron chi connectivity index (χ0n) is 17.4. The molecule has 0 aromatic heterocycles. The van der Waals surface area contributed by atoms with Crippen molar-refractivity contribution in [3.05, 3.63) is 84.4 Å². The van der Waals surface area contributed by atoms with Gasteiger partial charge in [0, 0.05) is 23.5 Å². The van der Waals surface area contributed by atoms with Gasteiger partial charge in [-0.2, -0.15) is 0 Å².